The van der Waals surface area contributed by atoms with Gasteiger partial charge in [0.25, 0.3) is 5.91 Å². The molecule has 0 spiro atoms. The molecule has 0 bridgehead atoms. The van der Waals surface area contributed by atoms with Gasteiger partial charge >= 0.3 is 0 Å². The minimum absolute atomic E-state index is 0.0674. The van der Waals surface area contributed by atoms with Gasteiger partial charge < -0.3 is 19.1 Å². The van der Waals surface area contributed by atoms with Gasteiger partial charge in [0, 0.05) is 18.2 Å². The zero-order chi connectivity index (χ0) is 20.9. The van der Waals surface area contributed by atoms with E-state index in [2.05, 4.69) is 4.90 Å². The lowest BCUT2D eigenvalue weighted by Crippen LogP contribution is -2.49. The van der Waals surface area contributed by atoms with Crippen molar-refractivity contribution in [2.75, 3.05) is 20.8 Å². The molecule has 1 aliphatic heterocycles. The van der Waals surface area contributed by atoms with Gasteiger partial charge in [-0.3, -0.25) is 4.79 Å². The van der Waals surface area contributed by atoms with Crippen LogP contribution in [0.5, 0.6) is 17.2 Å². The summed E-state index contributed by atoms with van der Waals surface area (Å²) in [6.07, 6.45) is 7.19. The maximum Gasteiger partial charge on any atom is 0.254 e. The Kier molecular flexibility index (Phi) is 6.46. The van der Waals surface area contributed by atoms with Crippen LogP contribution in [0.1, 0.15) is 54.4 Å². The summed E-state index contributed by atoms with van der Waals surface area (Å²) in [6.45, 7) is 1.23. The monoisotopic (exact) mass is 409 g/mol. The summed E-state index contributed by atoms with van der Waals surface area (Å²) in [5.74, 6) is 2.28. The lowest BCUT2D eigenvalue weighted by Gasteiger charge is -2.44. The summed E-state index contributed by atoms with van der Waals surface area (Å²) in [7, 11) is 3.19. The topological polar surface area (TPSA) is 48.0 Å². The summed E-state index contributed by atoms with van der Waals surface area (Å²) in [5, 5.41) is 0. The number of rotatable bonds is 6. The molecule has 2 aromatic rings. The first-order chi connectivity index (χ1) is 14.7. The molecule has 2 atom stereocenters. The highest BCUT2D eigenvalue weighted by Gasteiger charge is 2.36. The molecule has 1 aliphatic carbocycles. The molecule has 5 nitrogen and oxygen atoms in total. The molecule has 1 heterocycles. The van der Waals surface area contributed by atoms with Crippen molar-refractivity contribution in [1.82, 2.24) is 4.90 Å². The van der Waals surface area contributed by atoms with Gasteiger partial charge in [0.2, 0.25) is 5.75 Å². The van der Waals surface area contributed by atoms with Crippen LogP contribution in [0.25, 0.3) is 0 Å². The minimum Gasteiger partial charge on any atom is -0.493 e. The molecule has 2 fully saturated rings. The number of piperidine rings is 1. The quantitative estimate of drug-likeness (QED) is 0.668. The van der Waals surface area contributed by atoms with Crippen LogP contribution in [-0.4, -0.2) is 37.6 Å². The number of hydrogen-bond acceptors (Lipinski definition) is 4. The number of ether oxygens (including phenoxy) is 3. The molecule has 1 saturated heterocycles. The van der Waals surface area contributed by atoms with Crippen molar-refractivity contribution in [3.8, 4) is 17.2 Å². The predicted octanol–water partition coefficient (Wildman–Crippen LogP) is 5.08. The zero-order valence-electron chi connectivity index (χ0n) is 17.9. The molecule has 5 heteroatoms. The summed E-state index contributed by atoms with van der Waals surface area (Å²) in [5.41, 5.74) is 1.65. The minimum atomic E-state index is 0.0674. The first kappa shape index (κ1) is 20.6. The van der Waals surface area contributed by atoms with Crippen molar-refractivity contribution < 1.29 is 19.0 Å². The lowest BCUT2D eigenvalue weighted by atomic mass is 9.78. The molecule has 160 valence electrons. The molecule has 0 unspecified atom stereocenters. The Bertz CT molecular complexity index is 840. The van der Waals surface area contributed by atoms with Crippen LogP contribution in [0.4, 0.5) is 0 Å². The van der Waals surface area contributed by atoms with Crippen LogP contribution in [-0.2, 0) is 6.61 Å². The van der Waals surface area contributed by atoms with Crippen molar-refractivity contribution in [2.24, 2.45) is 5.92 Å². The van der Waals surface area contributed by atoms with Crippen molar-refractivity contribution >= 4 is 5.91 Å². The average molecular weight is 410 g/mol. The van der Waals surface area contributed by atoms with E-state index in [4.69, 9.17) is 14.2 Å². The number of nitrogens with zero attached hydrogens (tertiary/aromatic N) is 1. The van der Waals surface area contributed by atoms with Gasteiger partial charge in [0.15, 0.2) is 11.5 Å². The Morgan fingerprint density at radius 3 is 2.33 bits per heavy atom. The van der Waals surface area contributed by atoms with E-state index in [0.29, 0.717) is 41.4 Å². The Balaban J connectivity index is 1.58. The van der Waals surface area contributed by atoms with Gasteiger partial charge in [-0.2, -0.15) is 0 Å². The third-order valence-electron chi connectivity index (χ3n) is 6.44. The molecular formula is C25H31NO4. The van der Waals surface area contributed by atoms with Gasteiger partial charge in [-0.1, -0.05) is 43.2 Å². The van der Waals surface area contributed by atoms with Gasteiger partial charge in [-0.15, -0.1) is 0 Å². The number of hydrogen-bond donors (Lipinski definition) is 0. The number of amides is 1. The van der Waals surface area contributed by atoms with E-state index in [1.165, 1.54) is 25.7 Å². The second kappa shape index (κ2) is 9.41. The molecule has 1 amide bonds. The van der Waals surface area contributed by atoms with Crippen LogP contribution >= 0.6 is 0 Å². The highest BCUT2D eigenvalue weighted by atomic mass is 16.5. The van der Waals surface area contributed by atoms with Crippen LogP contribution in [0.2, 0.25) is 0 Å². The van der Waals surface area contributed by atoms with E-state index in [0.717, 1.165) is 24.9 Å². The van der Waals surface area contributed by atoms with Gasteiger partial charge in [-0.25, -0.2) is 0 Å². The standard InChI is InChI=1S/C25H31NO4/c1-28-22-15-20(25(27)26-14-8-12-19-11-6-7-13-21(19)26)16-23(29-2)24(22)30-17-18-9-4-3-5-10-18/h3-5,9-10,15-16,19,21H,6-8,11-14,17H2,1-2H3/t19-,21-/m1/s1. The molecule has 30 heavy (non-hydrogen) atoms. The van der Waals surface area contributed by atoms with Crippen molar-refractivity contribution in [2.45, 2.75) is 51.2 Å². The number of fused-ring (bicyclic) bond motifs is 1. The fraction of sp³-hybridized carbons (Fsp3) is 0.480. The fourth-order valence-electron chi connectivity index (χ4n) is 4.92. The smallest absolute Gasteiger partial charge is 0.254 e. The van der Waals surface area contributed by atoms with E-state index < -0.39 is 0 Å². The second-order valence-electron chi connectivity index (χ2n) is 8.24. The van der Waals surface area contributed by atoms with Crippen LogP contribution in [0.15, 0.2) is 42.5 Å². The third-order valence-corrected chi connectivity index (χ3v) is 6.44. The zero-order valence-corrected chi connectivity index (χ0v) is 17.9. The van der Waals surface area contributed by atoms with E-state index in [9.17, 15) is 4.79 Å². The maximum absolute atomic E-state index is 13.5. The highest BCUT2D eigenvalue weighted by molar-refractivity contribution is 5.96. The molecule has 0 aromatic heterocycles. The fourth-order valence-corrected chi connectivity index (χ4v) is 4.92. The summed E-state index contributed by atoms with van der Waals surface area (Å²) in [4.78, 5) is 15.5. The van der Waals surface area contributed by atoms with Crippen LogP contribution in [0, 0.1) is 5.92 Å². The Labute approximate surface area is 178 Å². The SMILES string of the molecule is COc1cc(C(=O)N2CCC[C@H]3CCCC[C@H]32)cc(OC)c1OCc1ccccc1. The van der Waals surface area contributed by atoms with Crippen LogP contribution in [0.3, 0.4) is 0 Å². The van der Waals surface area contributed by atoms with Crippen molar-refractivity contribution in [3.63, 3.8) is 0 Å². The Morgan fingerprint density at radius 2 is 1.63 bits per heavy atom. The molecule has 2 aliphatic rings. The average Bonchev–Trinajstić information content (AvgIpc) is 2.82. The van der Waals surface area contributed by atoms with E-state index in [1.807, 2.05) is 30.3 Å². The van der Waals surface area contributed by atoms with E-state index in [-0.39, 0.29) is 5.91 Å². The molecule has 1 saturated carbocycles. The Hall–Kier alpha value is -2.69. The first-order valence-electron chi connectivity index (χ1n) is 10.9. The summed E-state index contributed by atoms with van der Waals surface area (Å²) >= 11 is 0. The Morgan fingerprint density at radius 1 is 0.967 bits per heavy atom. The lowest BCUT2D eigenvalue weighted by molar-refractivity contribution is 0.0390. The largest absolute Gasteiger partial charge is 0.493 e. The summed E-state index contributed by atoms with van der Waals surface area (Å²) in [6, 6.07) is 13.9. The van der Waals surface area contributed by atoms with Crippen molar-refractivity contribution in [3.05, 3.63) is 53.6 Å². The number of benzene rings is 2. The summed E-state index contributed by atoms with van der Waals surface area (Å²) < 4.78 is 17.2. The molecule has 0 radical (unpaired) electrons. The predicted molar refractivity (Wildman–Crippen MR) is 116 cm³/mol. The van der Waals surface area contributed by atoms with Crippen LogP contribution < -0.4 is 14.2 Å². The number of likely N-dealkylation sites (tertiary alicyclic amines) is 1. The molecule has 4 rings (SSSR count). The molecule has 0 N–H and O–H groups in total. The number of methoxy groups -OCH3 is 2. The third kappa shape index (κ3) is 4.25. The first-order valence-corrected chi connectivity index (χ1v) is 10.9. The van der Waals surface area contributed by atoms with Gasteiger partial charge in [0.1, 0.15) is 6.61 Å². The normalized spacial score (nSPS) is 20.9. The maximum atomic E-state index is 13.5. The van der Waals surface area contributed by atoms with E-state index >= 15 is 0 Å². The van der Waals surface area contributed by atoms with E-state index in [1.54, 1.807) is 26.4 Å². The second-order valence-corrected chi connectivity index (χ2v) is 8.24. The molecular weight excluding hydrogens is 378 g/mol. The number of carbonyl (C=O) groups excluding carboxylic acids is 1. The van der Waals surface area contributed by atoms with Crippen molar-refractivity contribution in [1.29, 1.82) is 0 Å². The molecule has 2 aromatic carbocycles. The van der Waals surface area contributed by atoms with Gasteiger partial charge in [-0.05, 0) is 49.3 Å². The van der Waals surface area contributed by atoms with Gasteiger partial charge in [0.05, 0.1) is 14.2 Å². The highest BCUT2D eigenvalue weighted by Crippen LogP contribution is 2.41. The number of carbonyl (C=O) groups is 1.